The van der Waals surface area contributed by atoms with E-state index in [1.165, 1.54) is 29.6 Å². The van der Waals surface area contributed by atoms with Gasteiger partial charge < -0.3 is 9.42 Å². The Morgan fingerprint density at radius 3 is 2.68 bits per heavy atom. The SMILES string of the molecule is Cc1cc(C2CCCN2C(=O)c2cc(S(=O)(=O)N(C)C(C)C)ccc2Cl)on1. The first-order valence-corrected chi connectivity index (χ1v) is 11.0. The number of hydrogen-bond acceptors (Lipinski definition) is 5. The minimum Gasteiger partial charge on any atom is -0.359 e. The Morgan fingerprint density at radius 1 is 1.36 bits per heavy atom. The molecule has 1 aliphatic heterocycles. The van der Waals surface area contributed by atoms with Crippen LogP contribution in [0.3, 0.4) is 0 Å². The second-order valence-electron chi connectivity index (χ2n) is 7.28. The number of halogens is 1. The minimum absolute atomic E-state index is 0.0442. The first-order chi connectivity index (χ1) is 13.1. The van der Waals surface area contributed by atoms with Gasteiger partial charge in [0.25, 0.3) is 5.91 Å². The van der Waals surface area contributed by atoms with Crippen LogP contribution in [0, 0.1) is 6.92 Å². The van der Waals surface area contributed by atoms with Crippen molar-refractivity contribution < 1.29 is 17.7 Å². The zero-order valence-corrected chi connectivity index (χ0v) is 17.9. The zero-order chi connectivity index (χ0) is 20.6. The number of aromatic nitrogens is 1. The third-order valence-electron chi connectivity index (χ3n) is 5.06. The molecule has 28 heavy (non-hydrogen) atoms. The number of aryl methyl sites for hydroxylation is 1. The third-order valence-corrected chi connectivity index (χ3v) is 7.42. The summed E-state index contributed by atoms with van der Waals surface area (Å²) in [6.07, 6.45) is 1.58. The van der Waals surface area contributed by atoms with E-state index in [9.17, 15) is 13.2 Å². The normalized spacial score (nSPS) is 17.7. The highest BCUT2D eigenvalue weighted by Gasteiger charge is 2.34. The van der Waals surface area contributed by atoms with Gasteiger partial charge in [-0.25, -0.2) is 8.42 Å². The van der Waals surface area contributed by atoms with Crippen molar-refractivity contribution in [1.29, 1.82) is 0 Å². The van der Waals surface area contributed by atoms with Crippen LogP contribution in [0.1, 0.15) is 54.5 Å². The van der Waals surface area contributed by atoms with Crippen LogP contribution in [-0.4, -0.2) is 48.3 Å². The lowest BCUT2D eigenvalue weighted by Gasteiger charge is -2.24. The molecule has 2 aromatic rings. The summed E-state index contributed by atoms with van der Waals surface area (Å²) in [6.45, 7) is 5.94. The van der Waals surface area contributed by atoms with Crippen LogP contribution in [0.4, 0.5) is 0 Å². The molecule has 2 heterocycles. The molecule has 1 unspecified atom stereocenters. The average molecular weight is 426 g/mol. The van der Waals surface area contributed by atoms with Crippen molar-refractivity contribution in [1.82, 2.24) is 14.4 Å². The molecule has 1 fully saturated rings. The van der Waals surface area contributed by atoms with Crippen molar-refractivity contribution in [2.75, 3.05) is 13.6 Å². The lowest BCUT2D eigenvalue weighted by molar-refractivity contribution is 0.0714. The van der Waals surface area contributed by atoms with Crippen LogP contribution in [0.5, 0.6) is 0 Å². The molecular formula is C19H24ClN3O4S. The summed E-state index contributed by atoms with van der Waals surface area (Å²) in [4.78, 5) is 14.9. The monoisotopic (exact) mass is 425 g/mol. The summed E-state index contributed by atoms with van der Waals surface area (Å²) in [5.41, 5.74) is 0.917. The molecule has 1 atom stereocenters. The molecule has 1 aromatic carbocycles. The minimum atomic E-state index is -3.72. The lowest BCUT2D eigenvalue weighted by atomic mass is 10.1. The van der Waals surface area contributed by atoms with E-state index in [-0.39, 0.29) is 33.5 Å². The van der Waals surface area contributed by atoms with E-state index in [2.05, 4.69) is 5.16 Å². The van der Waals surface area contributed by atoms with Crippen molar-refractivity contribution in [2.45, 2.75) is 50.6 Å². The van der Waals surface area contributed by atoms with E-state index >= 15 is 0 Å². The van der Waals surface area contributed by atoms with Gasteiger partial charge in [0.2, 0.25) is 10.0 Å². The summed E-state index contributed by atoms with van der Waals surface area (Å²) in [6, 6.07) is 5.62. The largest absolute Gasteiger partial charge is 0.359 e. The Hall–Kier alpha value is -1.90. The van der Waals surface area contributed by atoms with Crippen LogP contribution in [0.2, 0.25) is 5.02 Å². The Bertz CT molecular complexity index is 987. The number of amides is 1. The summed E-state index contributed by atoms with van der Waals surface area (Å²) >= 11 is 6.27. The van der Waals surface area contributed by atoms with Crippen LogP contribution in [0.25, 0.3) is 0 Å². The molecule has 1 amide bonds. The fourth-order valence-corrected chi connectivity index (χ4v) is 4.87. The molecule has 7 nitrogen and oxygen atoms in total. The second-order valence-corrected chi connectivity index (χ2v) is 9.69. The topological polar surface area (TPSA) is 83.7 Å². The Kier molecular flexibility index (Phi) is 5.84. The third kappa shape index (κ3) is 3.81. The molecule has 0 spiro atoms. The summed E-state index contributed by atoms with van der Waals surface area (Å²) in [5, 5.41) is 4.12. The molecule has 9 heteroatoms. The molecule has 1 saturated heterocycles. The van der Waals surface area contributed by atoms with Gasteiger partial charge in [-0.2, -0.15) is 4.31 Å². The fourth-order valence-electron chi connectivity index (χ4n) is 3.27. The molecule has 0 aliphatic carbocycles. The van der Waals surface area contributed by atoms with E-state index in [0.29, 0.717) is 12.3 Å². The molecule has 1 aromatic heterocycles. The van der Waals surface area contributed by atoms with Crippen LogP contribution >= 0.6 is 11.6 Å². The maximum absolute atomic E-state index is 13.2. The van der Waals surface area contributed by atoms with Gasteiger partial charge in [-0.3, -0.25) is 4.79 Å². The van der Waals surface area contributed by atoms with Crippen molar-refractivity contribution in [3.8, 4) is 0 Å². The molecule has 0 radical (unpaired) electrons. The van der Waals surface area contributed by atoms with Gasteiger partial charge in [0.05, 0.1) is 27.2 Å². The fraction of sp³-hybridized carbons (Fsp3) is 0.474. The molecule has 0 bridgehead atoms. The first kappa shape index (κ1) is 20.8. The van der Waals surface area contributed by atoms with Crippen LogP contribution in [-0.2, 0) is 10.0 Å². The summed E-state index contributed by atoms with van der Waals surface area (Å²) in [7, 11) is -2.21. The number of likely N-dealkylation sites (tertiary alicyclic amines) is 1. The molecule has 0 saturated carbocycles. The van der Waals surface area contributed by atoms with Crippen molar-refractivity contribution in [3.05, 3.63) is 46.3 Å². The van der Waals surface area contributed by atoms with Crippen LogP contribution in [0.15, 0.2) is 33.7 Å². The van der Waals surface area contributed by atoms with Gasteiger partial charge >= 0.3 is 0 Å². The smallest absolute Gasteiger partial charge is 0.256 e. The van der Waals surface area contributed by atoms with E-state index in [1.807, 2.05) is 13.0 Å². The quantitative estimate of drug-likeness (QED) is 0.730. The number of nitrogens with zero attached hydrogens (tertiary/aromatic N) is 3. The van der Waals surface area contributed by atoms with Gasteiger partial charge in [-0.15, -0.1) is 0 Å². The Labute approximate surface area is 170 Å². The highest BCUT2D eigenvalue weighted by molar-refractivity contribution is 7.89. The highest BCUT2D eigenvalue weighted by atomic mass is 35.5. The number of carbonyl (C=O) groups excluding carboxylic acids is 1. The molecular weight excluding hydrogens is 402 g/mol. The maximum Gasteiger partial charge on any atom is 0.256 e. The van der Waals surface area contributed by atoms with Gasteiger partial charge in [0.15, 0.2) is 5.76 Å². The zero-order valence-electron chi connectivity index (χ0n) is 16.3. The van der Waals surface area contributed by atoms with Gasteiger partial charge in [0, 0.05) is 25.7 Å². The Morgan fingerprint density at radius 2 is 2.07 bits per heavy atom. The molecule has 152 valence electrons. The van der Waals surface area contributed by atoms with E-state index in [4.69, 9.17) is 16.1 Å². The van der Waals surface area contributed by atoms with Gasteiger partial charge in [0.1, 0.15) is 0 Å². The molecule has 3 rings (SSSR count). The number of hydrogen-bond donors (Lipinski definition) is 0. The Balaban J connectivity index is 1.96. The van der Waals surface area contributed by atoms with Crippen LogP contribution < -0.4 is 0 Å². The maximum atomic E-state index is 13.2. The number of rotatable bonds is 5. The van der Waals surface area contributed by atoms with Gasteiger partial charge in [-0.05, 0) is 51.8 Å². The van der Waals surface area contributed by atoms with E-state index in [0.717, 1.165) is 18.5 Å². The van der Waals surface area contributed by atoms with Gasteiger partial charge in [-0.1, -0.05) is 16.8 Å². The summed E-state index contributed by atoms with van der Waals surface area (Å²) < 4.78 is 32.2. The summed E-state index contributed by atoms with van der Waals surface area (Å²) in [5.74, 6) is 0.314. The first-order valence-electron chi connectivity index (χ1n) is 9.14. The van der Waals surface area contributed by atoms with Crippen molar-refractivity contribution in [2.24, 2.45) is 0 Å². The van der Waals surface area contributed by atoms with E-state index < -0.39 is 10.0 Å². The molecule has 1 aliphatic rings. The lowest BCUT2D eigenvalue weighted by Crippen LogP contribution is -2.34. The predicted molar refractivity (Wildman–Crippen MR) is 106 cm³/mol. The standard InChI is InChI=1S/C19H24ClN3O4S/c1-12(2)22(4)28(25,26)14-7-8-16(20)15(11-14)19(24)23-9-5-6-17(23)18-10-13(3)21-27-18/h7-8,10-12,17H,5-6,9H2,1-4H3. The number of sulfonamides is 1. The average Bonchev–Trinajstić information content (AvgIpc) is 3.29. The van der Waals surface area contributed by atoms with Crippen molar-refractivity contribution >= 4 is 27.5 Å². The molecule has 0 N–H and O–H groups in total. The predicted octanol–water partition coefficient (Wildman–Crippen LogP) is 3.64. The number of benzene rings is 1. The van der Waals surface area contributed by atoms with Crippen molar-refractivity contribution in [3.63, 3.8) is 0 Å². The number of carbonyl (C=O) groups is 1. The van der Waals surface area contributed by atoms with E-state index in [1.54, 1.807) is 18.7 Å². The highest BCUT2D eigenvalue weighted by Crippen LogP contribution is 2.35. The second kappa shape index (κ2) is 7.85.